The lowest BCUT2D eigenvalue weighted by Crippen LogP contribution is -2.71. The normalized spacial score (nSPS) is 42.9. The fourth-order valence-corrected chi connectivity index (χ4v) is 14.5. The Hall–Kier alpha value is 0.491. The first-order chi connectivity index (χ1) is 19.9. The van der Waals surface area contributed by atoms with Gasteiger partial charge in [0.2, 0.25) is 0 Å². The Morgan fingerprint density at radius 1 is 0.705 bits per heavy atom. The van der Waals surface area contributed by atoms with E-state index in [1.54, 1.807) is 0 Å². The Morgan fingerprint density at radius 2 is 1.27 bits per heavy atom. The van der Waals surface area contributed by atoms with Crippen LogP contribution >= 0.6 is 0 Å². The zero-order chi connectivity index (χ0) is 33.3. The highest BCUT2D eigenvalue weighted by molar-refractivity contribution is 6.70. The van der Waals surface area contributed by atoms with Gasteiger partial charge in [-0.15, -0.1) is 0 Å². The largest absolute Gasteiger partial charge is 0.415 e. The molecule has 258 valence electrons. The smallest absolute Gasteiger partial charge is 0.184 e. The summed E-state index contributed by atoms with van der Waals surface area (Å²) in [5.41, 5.74) is -0.847. The molecule has 4 rings (SSSR count). The van der Waals surface area contributed by atoms with Crippen molar-refractivity contribution in [2.24, 2.45) is 52.3 Å². The minimum absolute atomic E-state index is 0.101. The van der Waals surface area contributed by atoms with Crippen LogP contribution in [0.25, 0.3) is 0 Å². The maximum atomic E-state index is 13.1. The highest BCUT2D eigenvalue weighted by Gasteiger charge is 2.70. The summed E-state index contributed by atoms with van der Waals surface area (Å²) in [6, 6.07) is 0. The molecule has 0 bridgehead atoms. The first kappa shape index (κ1) is 37.3. The summed E-state index contributed by atoms with van der Waals surface area (Å²) < 4.78 is 21.2. The lowest BCUT2D eigenvalue weighted by molar-refractivity contribution is -0.269. The van der Waals surface area contributed by atoms with Crippen molar-refractivity contribution < 1.29 is 18.4 Å². The topological polar surface area (TPSA) is 47.9 Å². The Morgan fingerprint density at radius 3 is 1.82 bits per heavy atom. The van der Waals surface area contributed by atoms with Crippen molar-refractivity contribution in [3.8, 4) is 0 Å². The molecule has 0 aromatic carbocycles. The van der Waals surface area contributed by atoms with Crippen molar-refractivity contribution in [3.63, 3.8) is 0 Å². The molecule has 1 N–H and O–H groups in total. The number of fused-ring (bicyclic) bond motifs is 5. The van der Waals surface area contributed by atoms with Crippen molar-refractivity contribution in [1.29, 1.82) is 0 Å². The highest BCUT2D eigenvalue weighted by atomic mass is 28.4. The quantitative estimate of drug-likeness (QED) is 0.223. The van der Waals surface area contributed by atoms with Gasteiger partial charge in [0, 0.05) is 17.9 Å². The first-order valence-electron chi connectivity index (χ1n) is 18.7. The molecule has 0 aliphatic heterocycles. The van der Waals surface area contributed by atoms with E-state index in [1.807, 2.05) is 0 Å². The second-order valence-corrected chi connectivity index (χ2v) is 33.4. The van der Waals surface area contributed by atoms with Crippen LogP contribution in [0.5, 0.6) is 0 Å². The van der Waals surface area contributed by atoms with Crippen molar-refractivity contribution in [2.45, 2.75) is 182 Å². The molecule has 0 amide bonds. The lowest BCUT2D eigenvalue weighted by atomic mass is 9.41. The molecule has 4 nitrogen and oxygen atoms in total. The summed E-state index contributed by atoms with van der Waals surface area (Å²) in [7, 11) is -5.41. The fourth-order valence-electron chi connectivity index (χ4n) is 11.0. The van der Waals surface area contributed by atoms with E-state index in [-0.39, 0.29) is 29.1 Å². The van der Waals surface area contributed by atoms with Crippen molar-refractivity contribution in [3.05, 3.63) is 0 Å². The van der Waals surface area contributed by atoms with Crippen LogP contribution < -0.4 is 0 Å². The van der Waals surface area contributed by atoms with E-state index >= 15 is 0 Å². The maximum absolute atomic E-state index is 13.1. The summed E-state index contributed by atoms with van der Waals surface area (Å²) in [4.78, 5) is 0. The molecule has 4 aliphatic carbocycles. The second-order valence-electron chi connectivity index (χ2n) is 20.0. The average molecular weight is 667 g/mol. The molecule has 0 aromatic heterocycles. The van der Waals surface area contributed by atoms with E-state index in [0.717, 1.165) is 49.9 Å². The molecular weight excluding hydrogens is 593 g/mol. The fraction of sp³-hybridized carbons (Fsp3) is 1.00. The van der Waals surface area contributed by atoms with Crippen molar-refractivity contribution in [2.75, 3.05) is 0 Å². The summed E-state index contributed by atoms with van der Waals surface area (Å²) in [6.07, 6.45) is 10.5. The van der Waals surface area contributed by atoms with Gasteiger partial charge in [-0.3, -0.25) is 0 Å². The number of hydrogen-bond donors (Lipinski definition) is 1. The van der Waals surface area contributed by atoms with E-state index in [2.05, 4.69) is 100 Å². The van der Waals surface area contributed by atoms with Gasteiger partial charge < -0.3 is 18.4 Å². The zero-order valence-corrected chi connectivity index (χ0v) is 34.8. The lowest BCUT2D eigenvalue weighted by Gasteiger charge is -2.68. The first-order valence-corrected chi connectivity index (χ1v) is 28.9. The maximum Gasteiger partial charge on any atom is 0.184 e. The predicted molar refractivity (Wildman–Crippen MR) is 194 cm³/mol. The molecule has 0 unspecified atom stereocenters. The number of aliphatic hydroxyl groups is 1. The van der Waals surface area contributed by atoms with Gasteiger partial charge in [-0.25, -0.2) is 0 Å². The van der Waals surface area contributed by atoms with E-state index in [9.17, 15) is 5.11 Å². The van der Waals surface area contributed by atoms with Gasteiger partial charge in [0.05, 0.1) is 17.8 Å². The summed E-state index contributed by atoms with van der Waals surface area (Å²) in [5.74, 6) is 4.66. The molecule has 4 fully saturated rings. The molecule has 0 heterocycles. The molecule has 44 heavy (non-hydrogen) atoms. The molecule has 4 saturated carbocycles. The summed E-state index contributed by atoms with van der Waals surface area (Å²) in [6.45, 7) is 35.9. The van der Waals surface area contributed by atoms with Crippen LogP contribution in [-0.4, -0.2) is 54.0 Å². The Kier molecular flexibility index (Phi) is 10.8. The van der Waals surface area contributed by atoms with Gasteiger partial charge >= 0.3 is 0 Å². The van der Waals surface area contributed by atoms with Crippen LogP contribution in [0.2, 0.25) is 58.9 Å². The van der Waals surface area contributed by atoms with E-state index < -0.39 is 30.6 Å². The molecular formula is C37H74O4Si3. The van der Waals surface area contributed by atoms with Gasteiger partial charge in [0.1, 0.15) is 0 Å². The van der Waals surface area contributed by atoms with Crippen LogP contribution in [0.3, 0.4) is 0 Å². The monoisotopic (exact) mass is 666 g/mol. The van der Waals surface area contributed by atoms with Gasteiger partial charge in [0.25, 0.3) is 0 Å². The SMILES string of the molecule is CC(C)[C@@H](C)CC[C@@H](C)[C@H]1CC[C@H]2[C@@H]3C[C@@H](O[Si](C)(C)C)[C@@]4(O)C[C@@H](O[Si](C)(C)C)CC[C@]4(C)[C@H]3C[C@@H](O[Si](C)(C)C)[C@]12C. The van der Waals surface area contributed by atoms with Crippen molar-refractivity contribution in [1.82, 2.24) is 0 Å². The van der Waals surface area contributed by atoms with Crippen LogP contribution in [0, 0.1) is 52.3 Å². The highest BCUT2D eigenvalue weighted by Crippen LogP contribution is 2.70. The molecule has 0 radical (unpaired) electrons. The molecule has 7 heteroatoms. The molecule has 0 saturated heterocycles. The molecule has 0 aromatic rings. The zero-order valence-electron chi connectivity index (χ0n) is 31.8. The Bertz CT molecular complexity index is 985. The van der Waals surface area contributed by atoms with Crippen LogP contribution in [-0.2, 0) is 13.3 Å². The predicted octanol–water partition coefficient (Wildman–Crippen LogP) is 10.3. The molecule has 4 aliphatic rings. The Balaban J connectivity index is 1.73. The summed E-state index contributed by atoms with van der Waals surface area (Å²) >= 11 is 0. The van der Waals surface area contributed by atoms with Gasteiger partial charge in [-0.05, 0) is 144 Å². The Labute approximate surface area is 277 Å². The molecule has 12 atom stereocenters. The third kappa shape index (κ3) is 7.39. The third-order valence-corrected chi connectivity index (χ3v) is 16.4. The second kappa shape index (κ2) is 12.7. The van der Waals surface area contributed by atoms with Gasteiger partial charge in [-0.1, -0.05) is 54.4 Å². The molecule has 0 spiro atoms. The van der Waals surface area contributed by atoms with Crippen LogP contribution in [0.4, 0.5) is 0 Å². The van der Waals surface area contributed by atoms with E-state index in [0.29, 0.717) is 23.7 Å². The standard InChI is InChI=1S/C37H74O4Si3/c1-25(2)26(3)16-17-27(4)30-18-19-31-29-22-34(41-44(13,14)15)37(38)24-28(39-42(7,8)9)20-21-35(37,5)32(29)23-33(36(30,31)6)40-43(10,11)12/h25-34,38H,16-24H2,1-15H3/t26-,27+,28-,29-,30+,31-,32-,33+,34+,35+,36+,37-/m0/s1. The van der Waals surface area contributed by atoms with Gasteiger partial charge in [0.15, 0.2) is 25.0 Å². The van der Waals surface area contributed by atoms with E-state index in [4.69, 9.17) is 13.3 Å². The van der Waals surface area contributed by atoms with Crippen molar-refractivity contribution >= 4 is 25.0 Å². The minimum Gasteiger partial charge on any atom is -0.415 e. The minimum atomic E-state index is -1.90. The summed E-state index contributed by atoms with van der Waals surface area (Å²) in [5, 5.41) is 13.1. The van der Waals surface area contributed by atoms with E-state index in [1.165, 1.54) is 25.7 Å². The van der Waals surface area contributed by atoms with Gasteiger partial charge in [-0.2, -0.15) is 0 Å². The third-order valence-electron chi connectivity index (χ3n) is 13.3. The van der Waals surface area contributed by atoms with Crippen LogP contribution in [0.1, 0.15) is 99.3 Å². The number of hydrogen-bond acceptors (Lipinski definition) is 4. The average Bonchev–Trinajstić information content (AvgIpc) is 3.20. The van der Waals surface area contributed by atoms with Crippen LogP contribution in [0.15, 0.2) is 0 Å². The number of rotatable bonds is 11.